The van der Waals surface area contributed by atoms with Gasteiger partial charge in [0, 0.05) is 11.7 Å². The first-order chi connectivity index (χ1) is 11.8. The number of rotatable bonds is 2. The predicted octanol–water partition coefficient (Wildman–Crippen LogP) is 3.72. The Hall–Kier alpha value is -3.54. The number of aromatic nitrogens is 4. The fourth-order valence-corrected chi connectivity index (χ4v) is 2.92. The van der Waals surface area contributed by atoms with Gasteiger partial charge in [0.25, 0.3) is 0 Å². The molecule has 5 aromatic rings. The van der Waals surface area contributed by atoms with E-state index in [1.54, 1.807) is 10.8 Å². The lowest BCUT2D eigenvalue weighted by atomic mass is 10.0. The van der Waals surface area contributed by atoms with Gasteiger partial charge >= 0.3 is 0 Å². The number of hydrogen-bond donors (Lipinski definition) is 2. The summed E-state index contributed by atoms with van der Waals surface area (Å²) in [6, 6.07) is 15.8. The first-order valence-corrected chi connectivity index (χ1v) is 7.56. The van der Waals surface area contributed by atoms with Gasteiger partial charge in [0.05, 0.1) is 6.26 Å². The van der Waals surface area contributed by atoms with Crippen molar-refractivity contribution in [1.29, 1.82) is 0 Å². The summed E-state index contributed by atoms with van der Waals surface area (Å²) in [6.07, 6.45) is 3.53. The average molecular weight is 315 g/mol. The first-order valence-electron chi connectivity index (χ1n) is 7.56. The molecule has 1 aromatic carbocycles. The number of nitrogen functional groups attached to an aromatic ring is 1. The summed E-state index contributed by atoms with van der Waals surface area (Å²) in [5, 5.41) is 5.57. The van der Waals surface area contributed by atoms with Gasteiger partial charge in [0.1, 0.15) is 5.82 Å². The summed E-state index contributed by atoms with van der Waals surface area (Å²) in [6.45, 7) is 0. The van der Waals surface area contributed by atoms with E-state index in [2.05, 4.69) is 33.3 Å². The van der Waals surface area contributed by atoms with Crippen LogP contribution in [0.2, 0.25) is 0 Å². The van der Waals surface area contributed by atoms with E-state index in [1.807, 2.05) is 36.5 Å². The minimum absolute atomic E-state index is 0.518. The van der Waals surface area contributed by atoms with E-state index in [-0.39, 0.29) is 0 Å². The summed E-state index contributed by atoms with van der Waals surface area (Å²) in [5.74, 6) is 1.67. The maximum atomic E-state index is 6.18. The van der Waals surface area contributed by atoms with Gasteiger partial charge in [-0.05, 0) is 59.0 Å². The molecule has 0 radical (unpaired) electrons. The van der Waals surface area contributed by atoms with Crippen LogP contribution in [0.4, 0.5) is 5.82 Å². The predicted molar refractivity (Wildman–Crippen MR) is 92.4 cm³/mol. The molecule has 0 saturated heterocycles. The lowest BCUT2D eigenvalue weighted by molar-refractivity contribution is 0.577. The molecule has 24 heavy (non-hydrogen) atoms. The summed E-state index contributed by atoms with van der Waals surface area (Å²) in [4.78, 5) is 7.72. The number of H-pyrrole nitrogens is 1. The summed E-state index contributed by atoms with van der Waals surface area (Å²) in [5.41, 5.74) is 10.1. The highest BCUT2D eigenvalue weighted by Crippen LogP contribution is 2.27. The molecule has 0 unspecified atom stereocenters. The van der Waals surface area contributed by atoms with E-state index in [0.29, 0.717) is 23.0 Å². The van der Waals surface area contributed by atoms with Gasteiger partial charge < -0.3 is 15.1 Å². The van der Waals surface area contributed by atoms with E-state index in [4.69, 9.17) is 10.2 Å². The Morgan fingerprint density at radius 1 is 1.04 bits per heavy atom. The van der Waals surface area contributed by atoms with Gasteiger partial charge in [-0.15, -0.1) is 5.10 Å². The maximum Gasteiger partial charge on any atom is 0.217 e. The van der Waals surface area contributed by atoms with Crippen molar-refractivity contribution in [2.24, 2.45) is 0 Å². The van der Waals surface area contributed by atoms with Crippen molar-refractivity contribution in [2.75, 3.05) is 5.73 Å². The van der Waals surface area contributed by atoms with Crippen LogP contribution in [-0.2, 0) is 0 Å². The molecule has 116 valence electrons. The second kappa shape index (κ2) is 4.73. The minimum Gasteiger partial charge on any atom is -0.461 e. The molecule has 6 nitrogen and oxygen atoms in total. The Labute approximate surface area is 136 Å². The highest BCUT2D eigenvalue weighted by Gasteiger charge is 2.12. The van der Waals surface area contributed by atoms with Crippen LogP contribution >= 0.6 is 0 Å². The SMILES string of the molecule is Nc1cc(-c2ccc3[nH]ccc3c2)cc2nc(-c3ccco3)nn12. The molecular formula is C18H13N5O. The summed E-state index contributed by atoms with van der Waals surface area (Å²) in [7, 11) is 0. The largest absolute Gasteiger partial charge is 0.461 e. The molecule has 4 heterocycles. The molecule has 0 fully saturated rings. The van der Waals surface area contributed by atoms with Gasteiger partial charge in [0.15, 0.2) is 11.4 Å². The number of aromatic amines is 1. The van der Waals surface area contributed by atoms with Gasteiger partial charge in [-0.25, -0.2) is 4.98 Å². The standard InChI is InChI=1S/C18H13N5O/c19-16-9-13(11-3-4-14-12(8-11)5-6-20-14)10-17-21-18(22-23(16)17)15-2-1-7-24-15/h1-10,20H,19H2. The third kappa shape index (κ3) is 1.90. The first kappa shape index (κ1) is 13.0. The minimum atomic E-state index is 0.518. The molecule has 4 aromatic heterocycles. The van der Waals surface area contributed by atoms with Crippen LogP contribution in [0.3, 0.4) is 0 Å². The van der Waals surface area contributed by atoms with Crippen LogP contribution in [-0.4, -0.2) is 19.6 Å². The molecule has 0 saturated carbocycles. The molecule has 3 N–H and O–H groups in total. The lowest BCUT2D eigenvalue weighted by Gasteiger charge is -2.05. The van der Waals surface area contributed by atoms with Gasteiger partial charge in [-0.3, -0.25) is 0 Å². The van der Waals surface area contributed by atoms with Crippen LogP contribution in [0.15, 0.2) is 65.4 Å². The number of fused-ring (bicyclic) bond motifs is 2. The molecule has 6 heteroatoms. The lowest BCUT2D eigenvalue weighted by Crippen LogP contribution is -1.99. The molecule has 0 aliphatic rings. The van der Waals surface area contributed by atoms with Gasteiger partial charge in [-0.2, -0.15) is 4.52 Å². The van der Waals surface area contributed by atoms with Crippen molar-refractivity contribution in [3.8, 4) is 22.7 Å². The number of benzene rings is 1. The molecule has 0 bridgehead atoms. The zero-order valence-corrected chi connectivity index (χ0v) is 12.6. The van der Waals surface area contributed by atoms with Crippen molar-refractivity contribution in [3.63, 3.8) is 0 Å². The Morgan fingerprint density at radius 3 is 2.88 bits per heavy atom. The fraction of sp³-hybridized carbons (Fsp3) is 0. The van der Waals surface area contributed by atoms with Crippen LogP contribution in [0, 0.1) is 0 Å². The molecular weight excluding hydrogens is 302 g/mol. The number of anilines is 1. The number of nitrogens with one attached hydrogen (secondary N) is 1. The third-order valence-corrected chi connectivity index (χ3v) is 4.09. The monoisotopic (exact) mass is 315 g/mol. The maximum absolute atomic E-state index is 6.18. The second-order valence-corrected chi connectivity index (χ2v) is 5.63. The number of nitrogens with zero attached hydrogens (tertiary/aromatic N) is 3. The van der Waals surface area contributed by atoms with Gasteiger partial charge in [0.2, 0.25) is 5.82 Å². The Balaban J connectivity index is 1.69. The van der Waals surface area contributed by atoms with Crippen molar-refractivity contribution in [1.82, 2.24) is 19.6 Å². The number of pyridine rings is 1. The molecule has 0 amide bonds. The van der Waals surface area contributed by atoms with Crippen LogP contribution in [0.5, 0.6) is 0 Å². The van der Waals surface area contributed by atoms with E-state index in [0.717, 1.165) is 22.0 Å². The topological polar surface area (TPSA) is 85.1 Å². The van der Waals surface area contributed by atoms with Crippen molar-refractivity contribution in [3.05, 3.63) is 61.0 Å². The van der Waals surface area contributed by atoms with E-state index in [9.17, 15) is 0 Å². The second-order valence-electron chi connectivity index (χ2n) is 5.63. The normalized spacial score (nSPS) is 11.5. The quantitative estimate of drug-likeness (QED) is 0.520. The zero-order valence-electron chi connectivity index (χ0n) is 12.6. The Bertz CT molecular complexity index is 1170. The average Bonchev–Trinajstić information content (AvgIpc) is 3.32. The third-order valence-electron chi connectivity index (χ3n) is 4.09. The number of nitrogens with two attached hydrogens (primary N) is 1. The van der Waals surface area contributed by atoms with Crippen molar-refractivity contribution >= 4 is 22.4 Å². The zero-order chi connectivity index (χ0) is 16.1. The number of furan rings is 1. The molecule has 0 aliphatic carbocycles. The van der Waals surface area contributed by atoms with Crippen LogP contribution in [0.25, 0.3) is 39.3 Å². The Morgan fingerprint density at radius 2 is 2.00 bits per heavy atom. The molecule has 0 atom stereocenters. The highest BCUT2D eigenvalue weighted by molar-refractivity contribution is 5.86. The van der Waals surface area contributed by atoms with Crippen molar-refractivity contribution in [2.45, 2.75) is 0 Å². The van der Waals surface area contributed by atoms with Crippen molar-refractivity contribution < 1.29 is 4.42 Å². The van der Waals surface area contributed by atoms with Crippen LogP contribution < -0.4 is 5.73 Å². The fourth-order valence-electron chi connectivity index (χ4n) is 2.92. The molecule has 0 spiro atoms. The van der Waals surface area contributed by atoms with Gasteiger partial charge in [-0.1, -0.05) is 6.07 Å². The smallest absolute Gasteiger partial charge is 0.217 e. The molecule has 5 rings (SSSR count). The molecule has 0 aliphatic heterocycles. The van der Waals surface area contributed by atoms with E-state index < -0.39 is 0 Å². The number of hydrogen-bond acceptors (Lipinski definition) is 4. The summed E-state index contributed by atoms with van der Waals surface area (Å²) >= 11 is 0. The highest BCUT2D eigenvalue weighted by atomic mass is 16.3. The Kier molecular flexibility index (Phi) is 2.55. The van der Waals surface area contributed by atoms with E-state index in [1.165, 1.54) is 0 Å². The summed E-state index contributed by atoms with van der Waals surface area (Å²) < 4.78 is 6.98. The van der Waals surface area contributed by atoms with E-state index >= 15 is 0 Å². The van der Waals surface area contributed by atoms with Crippen LogP contribution in [0.1, 0.15) is 0 Å².